The highest BCUT2D eigenvalue weighted by atomic mass is 16.2. The summed E-state index contributed by atoms with van der Waals surface area (Å²) in [4.78, 5) is 27.0. The van der Waals surface area contributed by atoms with Gasteiger partial charge in [-0.15, -0.1) is 0 Å². The number of pyridine rings is 1. The number of aryl methyl sites for hydroxylation is 2. The summed E-state index contributed by atoms with van der Waals surface area (Å²) in [5.41, 5.74) is 1.04. The summed E-state index contributed by atoms with van der Waals surface area (Å²) in [6.07, 6.45) is 11.2. The zero-order valence-corrected chi connectivity index (χ0v) is 15.6. The van der Waals surface area contributed by atoms with E-state index >= 15 is 0 Å². The normalized spacial score (nSPS) is 11.9. The van der Waals surface area contributed by atoms with Gasteiger partial charge in [-0.05, 0) is 31.0 Å². The monoisotopic (exact) mass is 368 g/mol. The van der Waals surface area contributed by atoms with Gasteiger partial charge in [0.2, 0.25) is 0 Å². The fourth-order valence-corrected chi connectivity index (χ4v) is 2.86. The number of imidazole rings is 1. The Morgan fingerprint density at radius 3 is 2.74 bits per heavy atom. The summed E-state index contributed by atoms with van der Waals surface area (Å²) < 4.78 is 3.67. The molecular weight excluding hydrogens is 344 g/mol. The molecule has 1 N–H and O–H groups in total. The molecule has 0 spiro atoms. The summed E-state index contributed by atoms with van der Waals surface area (Å²) >= 11 is 0. The molecule has 1 unspecified atom stereocenters. The number of amides is 2. The number of urea groups is 1. The largest absolute Gasteiger partial charge is 0.337 e. The lowest BCUT2D eigenvalue weighted by atomic mass is 10.2. The molecule has 1 atom stereocenters. The van der Waals surface area contributed by atoms with Gasteiger partial charge in [-0.1, -0.05) is 0 Å². The minimum Gasteiger partial charge on any atom is -0.337 e. The van der Waals surface area contributed by atoms with E-state index in [9.17, 15) is 4.79 Å². The maximum absolute atomic E-state index is 12.9. The Bertz CT molecular complexity index is 830. The number of hydrogen-bond acceptors (Lipinski definition) is 5. The van der Waals surface area contributed by atoms with Gasteiger partial charge < -0.3 is 14.8 Å². The lowest BCUT2D eigenvalue weighted by Crippen LogP contribution is -2.42. The van der Waals surface area contributed by atoms with E-state index in [-0.39, 0.29) is 12.1 Å². The van der Waals surface area contributed by atoms with Crippen molar-refractivity contribution in [2.75, 3.05) is 6.54 Å². The van der Waals surface area contributed by atoms with Crippen molar-refractivity contribution in [1.29, 1.82) is 0 Å². The van der Waals surface area contributed by atoms with Crippen LogP contribution in [-0.2, 0) is 20.1 Å². The van der Waals surface area contributed by atoms with Gasteiger partial charge in [-0.25, -0.2) is 14.8 Å². The molecule has 0 aliphatic rings. The first kappa shape index (κ1) is 18.6. The summed E-state index contributed by atoms with van der Waals surface area (Å²) in [7, 11) is 1.81. The van der Waals surface area contributed by atoms with Gasteiger partial charge in [-0.3, -0.25) is 9.67 Å². The maximum atomic E-state index is 12.9. The Kier molecular flexibility index (Phi) is 6.14. The average molecular weight is 368 g/mol. The van der Waals surface area contributed by atoms with E-state index in [1.165, 1.54) is 6.33 Å². The van der Waals surface area contributed by atoms with E-state index in [1.54, 1.807) is 34.5 Å². The van der Waals surface area contributed by atoms with E-state index in [2.05, 4.69) is 25.4 Å². The van der Waals surface area contributed by atoms with E-state index in [0.717, 1.165) is 18.5 Å². The summed E-state index contributed by atoms with van der Waals surface area (Å²) in [6.45, 7) is 3.85. The fourth-order valence-electron chi connectivity index (χ4n) is 2.86. The molecule has 0 aliphatic heterocycles. The Labute approximate surface area is 158 Å². The highest BCUT2D eigenvalue weighted by molar-refractivity contribution is 5.74. The molecule has 0 saturated heterocycles. The molecule has 3 aromatic heterocycles. The minimum absolute atomic E-state index is 0.132. The van der Waals surface area contributed by atoms with Gasteiger partial charge in [0.05, 0.1) is 12.4 Å². The Morgan fingerprint density at radius 2 is 2.07 bits per heavy atom. The predicted octanol–water partition coefficient (Wildman–Crippen LogP) is 1.77. The molecule has 0 radical (unpaired) electrons. The number of carbonyl (C=O) groups is 1. The van der Waals surface area contributed by atoms with E-state index < -0.39 is 0 Å². The lowest BCUT2D eigenvalue weighted by Gasteiger charge is -2.25. The predicted molar refractivity (Wildman–Crippen MR) is 99.4 cm³/mol. The highest BCUT2D eigenvalue weighted by Gasteiger charge is 2.19. The SMILES string of the molecule is CC(NC(=O)N(CCCn1ccnc1)Cc1ccncc1)c1ncnn1C. The molecule has 3 heterocycles. The van der Waals surface area contributed by atoms with Crippen molar-refractivity contribution in [2.24, 2.45) is 7.05 Å². The van der Waals surface area contributed by atoms with Gasteiger partial charge in [0, 0.05) is 51.5 Å². The third-order valence-electron chi connectivity index (χ3n) is 4.29. The molecule has 0 bridgehead atoms. The van der Waals surface area contributed by atoms with Crippen molar-refractivity contribution in [3.63, 3.8) is 0 Å². The number of aromatic nitrogens is 6. The summed E-state index contributed by atoms with van der Waals surface area (Å²) in [5.74, 6) is 0.714. The molecule has 2 amide bonds. The molecule has 0 fully saturated rings. The Morgan fingerprint density at radius 1 is 1.26 bits per heavy atom. The molecule has 9 nitrogen and oxygen atoms in total. The number of rotatable bonds is 8. The van der Waals surface area contributed by atoms with E-state index in [0.29, 0.717) is 18.9 Å². The zero-order valence-electron chi connectivity index (χ0n) is 15.6. The highest BCUT2D eigenvalue weighted by Crippen LogP contribution is 2.10. The van der Waals surface area contributed by atoms with Gasteiger partial charge in [0.25, 0.3) is 0 Å². The standard InChI is InChI=1S/C18H24N8O/c1-15(17-21-13-22-24(17)2)23-18(27)26(12-16-4-6-19-7-5-16)10-3-9-25-11-8-20-14-25/h4-8,11,13-15H,3,9-10,12H2,1-2H3,(H,23,27). The van der Waals surface area contributed by atoms with Crippen molar-refractivity contribution in [1.82, 2.24) is 39.5 Å². The number of carbonyl (C=O) groups excluding carboxylic acids is 1. The van der Waals surface area contributed by atoms with Crippen LogP contribution in [0.3, 0.4) is 0 Å². The molecular formula is C18H24N8O. The molecule has 3 aromatic rings. The van der Waals surface area contributed by atoms with Crippen LogP contribution in [0.4, 0.5) is 4.79 Å². The molecule has 27 heavy (non-hydrogen) atoms. The van der Waals surface area contributed by atoms with Crippen molar-refractivity contribution in [2.45, 2.75) is 32.5 Å². The van der Waals surface area contributed by atoms with Gasteiger partial charge in [0.1, 0.15) is 12.2 Å². The number of nitrogens with one attached hydrogen (secondary N) is 1. The van der Waals surface area contributed by atoms with Crippen LogP contribution in [0, 0.1) is 0 Å². The van der Waals surface area contributed by atoms with Crippen LogP contribution in [0.5, 0.6) is 0 Å². The average Bonchev–Trinajstić information content (AvgIpc) is 3.33. The van der Waals surface area contributed by atoms with E-state index in [4.69, 9.17) is 0 Å². The van der Waals surface area contributed by atoms with Crippen molar-refractivity contribution in [3.8, 4) is 0 Å². The van der Waals surface area contributed by atoms with Crippen LogP contribution < -0.4 is 5.32 Å². The number of nitrogens with zero attached hydrogens (tertiary/aromatic N) is 7. The van der Waals surface area contributed by atoms with Crippen LogP contribution >= 0.6 is 0 Å². The molecule has 0 saturated carbocycles. The van der Waals surface area contributed by atoms with Crippen LogP contribution in [0.15, 0.2) is 49.6 Å². The minimum atomic E-state index is -0.237. The van der Waals surface area contributed by atoms with Crippen LogP contribution in [0.1, 0.15) is 30.8 Å². The van der Waals surface area contributed by atoms with E-state index in [1.807, 2.05) is 36.9 Å². The molecule has 0 aliphatic carbocycles. The molecule has 9 heteroatoms. The third-order valence-corrected chi connectivity index (χ3v) is 4.29. The Hall–Kier alpha value is -3.23. The Balaban J connectivity index is 1.63. The topological polar surface area (TPSA) is 93.8 Å². The first-order chi connectivity index (χ1) is 13.1. The quantitative estimate of drug-likeness (QED) is 0.654. The van der Waals surface area contributed by atoms with Gasteiger partial charge >= 0.3 is 6.03 Å². The fraction of sp³-hybridized carbons (Fsp3) is 0.389. The van der Waals surface area contributed by atoms with Crippen molar-refractivity contribution in [3.05, 3.63) is 61.0 Å². The van der Waals surface area contributed by atoms with Crippen molar-refractivity contribution >= 4 is 6.03 Å². The smallest absolute Gasteiger partial charge is 0.318 e. The molecule has 3 rings (SSSR count). The second kappa shape index (κ2) is 8.93. The first-order valence-corrected chi connectivity index (χ1v) is 8.87. The molecule has 0 aromatic carbocycles. The summed E-state index contributed by atoms with van der Waals surface area (Å²) in [5, 5.41) is 7.08. The lowest BCUT2D eigenvalue weighted by molar-refractivity contribution is 0.189. The second-order valence-corrected chi connectivity index (χ2v) is 6.34. The second-order valence-electron chi connectivity index (χ2n) is 6.34. The summed E-state index contributed by atoms with van der Waals surface area (Å²) in [6, 6.07) is 3.47. The van der Waals surface area contributed by atoms with Gasteiger partial charge in [0.15, 0.2) is 0 Å². The van der Waals surface area contributed by atoms with Crippen LogP contribution in [0.2, 0.25) is 0 Å². The zero-order chi connectivity index (χ0) is 19.1. The van der Waals surface area contributed by atoms with Crippen LogP contribution in [0.25, 0.3) is 0 Å². The van der Waals surface area contributed by atoms with Crippen LogP contribution in [-0.4, -0.2) is 46.8 Å². The van der Waals surface area contributed by atoms with Crippen molar-refractivity contribution < 1.29 is 4.79 Å². The third kappa shape index (κ3) is 5.13. The number of hydrogen-bond donors (Lipinski definition) is 1. The van der Waals surface area contributed by atoms with Gasteiger partial charge in [-0.2, -0.15) is 5.10 Å². The first-order valence-electron chi connectivity index (χ1n) is 8.87. The maximum Gasteiger partial charge on any atom is 0.318 e. The molecule has 142 valence electrons.